The second-order valence-corrected chi connectivity index (χ2v) is 7.77. The van der Waals surface area contributed by atoms with Gasteiger partial charge in [0.25, 0.3) is 5.91 Å². The van der Waals surface area contributed by atoms with E-state index in [-0.39, 0.29) is 11.7 Å². The van der Waals surface area contributed by atoms with Crippen LogP contribution in [-0.2, 0) is 9.59 Å². The van der Waals surface area contributed by atoms with Crippen LogP contribution in [0.1, 0.15) is 38.3 Å². The average molecular weight is 353 g/mol. The number of hydrogen-bond donors (Lipinski definition) is 1. The van der Waals surface area contributed by atoms with Crippen molar-refractivity contribution in [2.24, 2.45) is 11.8 Å². The first kappa shape index (κ1) is 18.3. The molecule has 1 aliphatic carbocycles. The van der Waals surface area contributed by atoms with Crippen molar-refractivity contribution in [1.29, 1.82) is 0 Å². The molecule has 1 aromatic rings. The van der Waals surface area contributed by atoms with Gasteiger partial charge >= 0.3 is 0 Å². The molecule has 0 saturated heterocycles. The quantitative estimate of drug-likeness (QED) is 0.637. The van der Waals surface area contributed by atoms with E-state index in [0.29, 0.717) is 11.6 Å². The third kappa shape index (κ3) is 4.51. The first-order valence-electron chi connectivity index (χ1n) is 7.91. The summed E-state index contributed by atoms with van der Waals surface area (Å²) < 4.78 is 0. The van der Waals surface area contributed by atoms with Gasteiger partial charge in [-0.3, -0.25) is 9.59 Å². The molecular formula is C17H24N2O2S2. The molecule has 1 heterocycles. The maximum atomic E-state index is 12.4. The number of hydrogen-bond acceptors (Lipinski definition) is 5. The van der Waals surface area contributed by atoms with Crippen molar-refractivity contribution in [2.75, 3.05) is 17.8 Å². The number of anilines is 1. The van der Waals surface area contributed by atoms with Crippen LogP contribution in [0.25, 0.3) is 0 Å². The van der Waals surface area contributed by atoms with E-state index >= 15 is 0 Å². The van der Waals surface area contributed by atoms with Gasteiger partial charge in [-0.25, -0.2) is 4.98 Å². The molecule has 1 N–H and O–H groups in total. The minimum atomic E-state index is -0.499. The molecule has 1 aliphatic rings. The lowest BCUT2D eigenvalue weighted by molar-refractivity contribution is -0.138. The van der Waals surface area contributed by atoms with E-state index in [1.54, 1.807) is 11.8 Å². The Labute approximate surface area is 146 Å². The third-order valence-corrected chi connectivity index (χ3v) is 5.78. The summed E-state index contributed by atoms with van der Waals surface area (Å²) in [7, 11) is 0. The molecule has 0 radical (unpaired) electrons. The van der Waals surface area contributed by atoms with Gasteiger partial charge in [0, 0.05) is 16.5 Å². The normalized spacial score (nSPS) is 21.0. The number of nitrogens with one attached hydrogen (secondary N) is 1. The molecule has 0 aromatic carbocycles. The van der Waals surface area contributed by atoms with Gasteiger partial charge < -0.3 is 5.32 Å². The van der Waals surface area contributed by atoms with Crippen LogP contribution in [0.3, 0.4) is 0 Å². The summed E-state index contributed by atoms with van der Waals surface area (Å²) >= 11 is 3.03. The molecule has 0 spiro atoms. The molecule has 4 nitrogen and oxygen atoms in total. The summed E-state index contributed by atoms with van der Waals surface area (Å²) in [5.74, 6) is -0.243. The van der Waals surface area contributed by atoms with Gasteiger partial charge in [-0.15, -0.1) is 23.5 Å². The topological polar surface area (TPSA) is 59.1 Å². The van der Waals surface area contributed by atoms with E-state index in [2.05, 4.69) is 17.2 Å². The number of aromatic nitrogens is 1. The fourth-order valence-corrected chi connectivity index (χ4v) is 4.23. The van der Waals surface area contributed by atoms with E-state index in [9.17, 15) is 9.59 Å². The van der Waals surface area contributed by atoms with E-state index in [0.717, 1.165) is 41.3 Å². The van der Waals surface area contributed by atoms with Crippen LogP contribution in [0.15, 0.2) is 16.0 Å². The number of carbonyl (C=O) groups excluding carboxylic acids is 2. The molecule has 0 atom stereocenters. The molecule has 2 rings (SSSR count). The predicted molar refractivity (Wildman–Crippen MR) is 97.3 cm³/mol. The van der Waals surface area contributed by atoms with E-state index in [4.69, 9.17) is 0 Å². The molecule has 1 saturated carbocycles. The lowest BCUT2D eigenvalue weighted by atomic mass is 9.81. The van der Waals surface area contributed by atoms with Crippen LogP contribution in [0, 0.1) is 18.8 Å². The molecule has 0 bridgehead atoms. The van der Waals surface area contributed by atoms with Crippen LogP contribution in [-0.4, -0.2) is 29.2 Å². The zero-order valence-electron chi connectivity index (χ0n) is 14.1. The van der Waals surface area contributed by atoms with Crippen molar-refractivity contribution < 1.29 is 9.59 Å². The fraction of sp³-hybridized carbons (Fsp3) is 0.588. The molecule has 0 aliphatic heterocycles. The number of thioether (sulfide) groups is 2. The van der Waals surface area contributed by atoms with Gasteiger partial charge in [0.05, 0.1) is 5.69 Å². The molecule has 23 heavy (non-hydrogen) atoms. The van der Waals surface area contributed by atoms with E-state index in [1.165, 1.54) is 11.8 Å². The summed E-state index contributed by atoms with van der Waals surface area (Å²) in [6.07, 6.45) is 7.59. The fourth-order valence-electron chi connectivity index (χ4n) is 2.92. The van der Waals surface area contributed by atoms with Gasteiger partial charge in [-0.1, -0.05) is 19.8 Å². The Balaban J connectivity index is 2.15. The Bertz CT molecular complexity index is 571. The van der Waals surface area contributed by atoms with Gasteiger partial charge in [0.15, 0.2) is 0 Å². The van der Waals surface area contributed by atoms with Crippen molar-refractivity contribution in [3.8, 4) is 0 Å². The number of pyridine rings is 1. The smallest absolute Gasteiger partial charge is 0.292 e. The number of amides is 1. The van der Waals surface area contributed by atoms with E-state index < -0.39 is 5.91 Å². The lowest BCUT2D eigenvalue weighted by Crippen LogP contribution is -2.32. The Hall–Kier alpha value is -1.01. The number of Topliss-reactive ketones (excluding diaryl/α,β-unsaturated/α-hetero) is 1. The Morgan fingerprint density at radius 1 is 1.17 bits per heavy atom. The number of ketones is 1. The third-order valence-electron chi connectivity index (χ3n) is 4.34. The predicted octanol–water partition coefficient (Wildman–Crippen LogP) is 4.17. The number of aryl methyl sites for hydroxylation is 1. The van der Waals surface area contributed by atoms with Crippen molar-refractivity contribution >= 4 is 40.9 Å². The minimum absolute atomic E-state index is 0.125. The molecule has 0 unspecified atom stereocenters. The summed E-state index contributed by atoms with van der Waals surface area (Å²) in [5.41, 5.74) is 1.57. The molecular weight excluding hydrogens is 328 g/mol. The van der Waals surface area contributed by atoms with Crippen molar-refractivity contribution in [1.82, 2.24) is 4.98 Å². The Kier molecular flexibility index (Phi) is 6.53. The second kappa shape index (κ2) is 8.20. The highest BCUT2D eigenvalue weighted by Crippen LogP contribution is 2.34. The van der Waals surface area contributed by atoms with Gasteiger partial charge in [0.2, 0.25) is 5.78 Å². The molecule has 1 fully saturated rings. The average Bonchev–Trinajstić information content (AvgIpc) is 2.55. The monoisotopic (exact) mass is 352 g/mol. The van der Waals surface area contributed by atoms with Crippen molar-refractivity contribution in [3.05, 3.63) is 11.8 Å². The highest BCUT2D eigenvalue weighted by Gasteiger charge is 2.29. The van der Waals surface area contributed by atoms with Gasteiger partial charge in [-0.05, 0) is 44.3 Å². The first-order valence-corrected chi connectivity index (χ1v) is 10.4. The van der Waals surface area contributed by atoms with Crippen molar-refractivity contribution in [2.45, 2.75) is 49.5 Å². The summed E-state index contributed by atoms with van der Waals surface area (Å²) in [5, 5.41) is 3.58. The van der Waals surface area contributed by atoms with Crippen LogP contribution >= 0.6 is 23.5 Å². The SMILES string of the molecule is CSc1cc(C)nc(SC)c1NC(=O)C(=O)C1CCC(C)CC1. The Morgan fingerprint density at radius 3 is 2.39 bits per heavy atom. The number of rotatable bonds is 5. The second-order valence-electron chi connectivity index (χ2n) is 6.13. The summed E-state index contributed by atoms with van der Waals surface area (Å²) in [6.45, 7) is 4.13. The number of nitrogens with zero attached hydrogens (tertiary/aromatic N) is 1. The summed E-state index contributed by atoms with van der Waals surface area (Å²) in [6, 6.07) is 1.94. The molecule has 1 aromatic heterocycles. The molecule has 1 amide bonds. The van der Waals surface area contributed by atoms with E-state index in [1.807, 2.05) is 25.5 Å². The van der Waals surface area contributed by atoms with Crippen LogP contribution in [0.2, 0.25) is 0 Å². The maximum Gasteiger partial charge on any atom is 0.292 e. The summed E-state index contributed by atoms with van der Waals surface area (Å²) in [4.78, 5) is 30.2. The number of carbonyl (C=O) groups is 2. The molecule has 126 valence electrons. The van der Waals surface area contributed by atoms with Crippen LogP contribution in [0.4, 0.5) is 5.69 Å². The van der Waals surface area contributed by atoms with Crippen LogP contribution in [0.5, 0.6) is 0 Å². The van der Waals surface area contributed by atoms with Crippen molar-refractivity contribution in [3.63, 3.8) is 0 Å². The zero-order valence-corrected chi connectivity index (χ0v) is 15.8. The lowest BCUT2D eigenvalue weighted by Gasteiger charge is -2.24. The molecule has 6 heteroatoms. The zero-order chi connectivity index (χ0) is 17.0. The van der Waals surface area contributed by atoms with Gasteiger partial charge in [0.1, 0.15) is 5.03 Å². The maximum absolute atomic E-state index is 12.4. The standard InChI is InChI=1S/C17H24N2O2S2/c1-10-5-7-12(8-6-10)15(20)16(21)19-14-13(22-3)9-11(2)18-17(14)23-4/h9-10,12H,5-8H2,1-4H3,(H,19,21). The largest absolute Gasteiger partial charge is 0.316 e. The highest BCUT2D eigenvalue weighted by atomic mass is 32.2. The van der Waals surface area contributed by atoms with Gasteiger partial charge in [-0.2, -0.15) is 0 Å². The highest BCUT2D eigenvalue weighted by molar-refractivity contribution is 7.99. The Morgan fingerprint density at radius 2 is 1.83 bits per heavy atom. The first-order chi connectivity index (χ1) is 11.0. The minimum Gasteiger partial charge on any atom is -0.316 e. The van der Waals surface area contributed by atoms with Crippen LogP contribution < -0.4 is 5.32 Å².